The molecule has 0 aliphatic heterocycles. The fourth-order valence-corrected chi connectivity index (χ4v) is 4.54. The van der Waals surface area contributed by atoms with Crippen LogP contribution < -0.4 is 14.8 Å². The molecular formula is C21H26F3N3O3S. The van der Waals surface area contributed by atoms with E-state index in [1.165, 1.54) is 18.2 Å². The Balaban J connectivity index is 1.53. The molecule has 2 aromatic rings. The van der Waals surface area contributed by atoms with E-state index in [1.54, 1.807) is 31.3 Å². The second kappa shape index (κ2) is 9.86. The summed E-state index contributed by atoms with van der Waals surface area (Å²) in [5.74, 6) is 0.214. The monoisotopic (exact) mass is 457 g/mol. The van der Waals surface area contributed by atoms with Crippen LogP contribution in [0.25, 0.3) is 11.3 Å². The molecule has 6 nitrogen and oxygen atoms in total. The van der Waals surface area contributed by atoms with Gasteiger partial charge in [-0.3, -0.25) is 4.98 Å². The minimum Gasteiger partial charge on any atom is -0.405 e. The highest BCUT2D eigenvalue weighted by atomic mass is 32.2. The molecule has 31 heavy (non-hydrogen) atoms. The molecule has 1 aromatic heterocycles. The van der Waals surface area contributed by atoms with Crippen LogP contribution in [0.1, 0.15) is 32.6 Å². The van der Waals surface area contributed by atoms with E-state index in [9.17, 15) is 21.6 Å². The molecule has 0 saturated heterocycles. The Kier molecular flexibility index (Phi) is 7.42. The standard InChI is InChI=1S/C21H26F3N3O3S/c1-2-31(28,29)27-16-9-7-15(8-10-16)13-25-17-11-12-19(26-14-17)18-5-3-4-6-20(18)30-21(22,23)24/h3-6,11-12,14-16,25,27H,2,7-10,13H2,1H3/t15-,16-. The Morgan fingerprint density at radius 3 is 2.42 bits per heavy atom. The van der Waals surface area contributed by atoms with Gasteiger partial charge in [-0.2, -0.15) is 0 Å². The zero-order chi connectivity index (χ0) is 22.5. The number of hydrogen-bond donors (Lipinski definition) is 2. The van der Waals surface area contributed by atoms with Gasteiger partial charge in [0, 0.05) is 18.2 Å². The minimum atomic E-state index is -4.77. The zero-order valence-corrected chi connectivity index (χ0v) is 18.0. The molecular weight excluding hydrogens is 431 g/mol. The molecule has 0 radical (unpaired) electrons. The number of anilines is 1. The van der Waals surface area contributed by atoms with Gasteiger partial charge in [-0.25, -0.2) is 13.1 Å². The van der Waals surface area contributed by atoms with E-state index < -0.39 is 16.4 Å². The highest BCUT2D eigenvalue weighted by molar-refractivity contribution is 7.89. The van der Waals surface area contributed by atoms with Crippen LogP contribution in [0.15, 0.2) is 42.6 Å². The molecule has 1 aromatic carbocycles. The van der Waals surface area contributed by atoms with Crippen LogP contribution >= 0.6 is 0 Å². The highest BCUT2D eigenvalue weighted by Crippen LogP contribution is 2.33. The summed E-state index contributed by atoms with van der Waals surface area (Å²) in [6.07, 6.45) is 0.250. The maximum Gasteiger partial charge on any atom is 0.573 e. The second-order valence-corrected chi connectivity index (χ2v) is 9.64. The molecule has 1 fully saturated rings. The van der Waals surface area contributed by atoms with E-state index >= 15 is 0 Å². The molecule has 0 spiro atoms. The number of pyridine rings is 1. The number of rotatable bonds is 8. The Bertz CT molecular complexity index is 958. The molecule has 1 aliphatic carbocycles. The number of hydrogen-bond acceptors (Lipinski definition) is 5. The molecule has 1 heterocycles. The van der Waals surface area contributed by atoms with Crippen LogP contribution in [0.2, 0.25) is 0 Å². The molecule has 0 amide bonds. The maximum atomic E-state index is 12.6. The predicted molar refractivity (Wildman–Crippen MR) is 113 cm³/mol. The number of aromatic nitrogens is 1. The summed E-state index contributed by atoms with van der Waals surface area (Å²) in [6.45, 7) is 2.35. The Morgan fingerprint density at radius 2 is 1.81 bits per heavy atom. The van der Waals surface area contributed by atoms with Gasteiger partial charge in [0.1, 0.15) is 5.75 Å². The smallest absolute Gasteiger partial charge is 0.405 e. The lowest BCUT2D eigenvalue weighted by molar-refractivity contribution is -0.274. The molecule has 0 unspecified atom stereocenters. The Hall–Kier alpha value is -2.33. The topological polar surface area (TPSA) is 80.3 Å². The maximum absolute atomic E-state index is 12.6. The van der Waals surface area contributed by atoms with Crippen molar-refractivity contribution in [2.75, 3.05) is 17.6 Å². The largest absolute Gasteiger partial charge is 0.573 e. The predicted octanol–water partition coefficient (Wildman–Crippen LogP) is 4.56. The number of sulfonamides is 1. The van der Waals surface area contributed by atoms with Crippen molar-refractivity contribution in [1.82, 2.24) is 9.71 Å². The van der Waals surface area contributed by atoms with Gasteiger partial charge >= 0.3 is 6.36 Å². The number of halogens is 3. The lowest BCUT2D eigenvalue weighted by Crippen LogP contribution is -2.39. The fourth-order valence-electron chi connectivity index (χ4n) is 3.63. The van der Waals surface area contributed by atoms with E-state index in [4.69, 9.17) is 0 Å². The van der Waals surface area contributed by atoms with E-state index in [2.05, 4.69) is 19.8 Å². The number of alkyl halides is 3. The highest BCUT2D eigenvalue weighted by Gasteiger charge is 2.32. The van der Waals surface area contributed by atoms with Gasteiger partial charge in [0.15, 0.2) is 0 Å². The molecule has 170 valence electrons. The molecule has 3 rings (SSSR count). The Morgan fingerprint density at radius 1 is 1.10 bits per heavy atom. The first-order valence-electron chi connectivity index (χ1n) is 10.2. The average molecular weight is 458 g/mol. The molecule has 1 aliphatic rings. The van der Waals surface area contributed by atoms with E-state index in [-0.39, 0.29) is 23.1 Å². The average Bonchev–Trinajstić information content (AvgIpc) is 2.73. The van der Waals surface area contributed by atoms with Crippen molar-refractivity contribution in [2.24, 2.45) is 5.92 Å². The van der Waals surface area contributed by atoms with E-state index in [0.717, 1.165) is 37.9 Å². The lowest BCUT2D eigenvalue weighted by Gasteiger charge is -2.29. The van der Waals surface area contributed by atoms with Gasteiger partial charge in [0.25, 0.3) is 0 Å². The van der Waals surface area contributed by atoms with Crippen LogP contribution in [0.3, 0.4) is 0 Å². The Labute approximate surface area is 180 Å². The van der Waals surface area contributed by atoms with Crippen LogP contribution in [0.5, 0.6) is 5.75 Å². The second-order valence-electron chi connectivity index (χ2n) is 7.60. The molecule has 1 saturated carbocycles. The van der Waals surface area contributed by atoms with Crippen molar-refractivity contribution in [2.45, 2.75) is 45.0 Å². The molecule has 0 atom stereocenters. The summed E-state index contributed by atoms with van der Waals surface area (Å²) in [6, 6.07) is 9.31. The van der Waals surface area contributed by atoms with Gasteiger partial charge in [-0.1, -0.05) is 12.1 Å². The van der Waals surface area contributed by atoms with Crippen LogP contribution in [0, 0.1) is 5.92 Å². The number of nitrogens with one attached hydrogen (secondary N) is 2. The van der Waals surface area contributed by atoms with Crippen molar-refractivity contribution in [3.63, 3.8) is 0 Å². The van der Waals surface area contributed by atoms with Crippen molar-refractivity contribution >= 4 is 15.7 Å². The van der Waals surface area contributed by atoms with E-state index in [0.29, 0.717) is 11.6 Å². The third-order valence-electron chi connectivity index (χ3n) is 5.32. The van der Waals surface area contributed by atoms with Gasteiger partial charge in [0.2, 0.25) is 10.0 Å². The van der Waals surface area contributed by atoms with Gasteiger partial charge in [-0.05, 0) is 62.8 Å². The van der Waals surface area contributed by atoms with Gasteiger partial charge in [0.05, 0.1) is 23.3 Å². The quantitative estimate of drug-likeness (QED) is 0.608. The first-order chi connectivity index (χ1) is 14.6. The SMILES string of the molecule is CCS(=O)(=O)N[C@H]1CC[C@H](CNc2ccc(-c3ccccc3OC(F)(F)F)nc2)CC1. The van der Waals surface area contributed by atoms with Crippen molar-refractivity contribution in [3.05, 3.63) is 42.6 Å². The van der Waals surface area contributed by atoms with Gasteiger partial charge in [-0.15, -0.1) is 13.2 Å². The summed E-state index contributed by atoms with van der Waals surface area (Å²) in [7, 11) is -3.18. The van der Waals surface area contributed by atoms with Crippen LogP contribution in [-0.2, 0) is 10.0 Å². The normalized spacial score (nSPS) is 19.7. The van der Waals surface area contributed by atoms with Crippen molar-refractivity contribution < 1.29 is 26.3 Å². The fraction of sp³-hybridized carbons (Fsp3) is 0.476. The van der Waals surface area contributed by atoms with Crippen molar-refractivity contribution in [3.8, 4) is 17.0 Å². The van der Waals surface area contributed by atoms with Crippen molar-refractivity contribution in [1.29, 1.82) is 0 Å². The number of para-hydroxylation sites is 1. The first-order valence-corrected chi connectivity index (χ1v) is 11.9. The van der Waals surface area contributed by atoms with Crippen LogP contribution in [-0.4, -0.2) is 38.1 Å². The number of benzene rings is 1. The zero-order valence-electron chi connectivity index (χ0n) is 17.2. The first kappa shape index (κ1) is 23.3. The summed E-state index contributed by atoms with van der Waals surface area (Å²) < 4.78 is 68.0. The molecule has 2 N–H and O–H groups in total. The minimum absolute atomic E-state index is 0.00105. The number of nitrogens with zero attached hydrogens (tertiary/aromatic N) is 1. The summed E-state index contributed by atoms with van der Waals surface area (Å²) in [5.41, 5.74) is 1.42. The number of ether oxygens (including phenoxy) is 1. The third-order valence-corrected chi connectivity index (χ3v) is 6.77. The van der Waals surface area contributed by atoms with Crippen LogP contribution in [0.4, 0.5) is 18.9 Å². The lowest BCUT2D eigenvalue weighted by atomic mass is 9.86. The summed E-state index contributed by atoms with van der Waals surface area (Å²) in [4.78, 5) is 4.28. The summed E-state index contributed by atoms with van der Waals surface area (Å²) >= 11 is 0. The summed E-state index contributed by atoms with van der Waals surface area (Å²) in [5, 5.41) is 3.31. The third kappa shape index (κ3) is 7.10. The van der Waals surface area contributed by atoms with E-state index in [1.807, 2.05) is 0 Å². The van der Waals surface area contributed by atoms with Gasteiger partial charge < -0.3 is 10.1 Å². The molecule has 0 bridgehead atoms. The molecule has 10 heteroatoms.